The lowest BCUT2D eigenvalue weighted by atomic mass is 10.0. The van der Waals surface area contributed by atoms with Crippen LogP contribution in [-0.2, 0) is 9.53 Å². The lowest BCUT2D eigenvalue weighted by Gasteiger charge is -2.13. The molecule has 0 spiro atoms. The second-order valence-corrected chi connectivity index (χ2v) is 4.30. The maximum absolute atomic E-state index is 11.2. The smallest absolute Gasteiger partial charge is 0.308 e. The van der Waals surface area contributed by atoms with Crippen molar-refractivity contribution in [3.8, 4) is 0 Å². The molecule has 0 amide bonds. The molecule has 0 aliphatic rings. The number of aliphatic hydroxyl groups excluding tert-OH is 1. The molecule has 16 heavy (non-hydrogen) atoms. The van der Waals surface area contributed by atoms with Gasteiger partial charge in [-0.25, -0.2) is 0 Å². The summed E-state index contributed by atoms with van der Waals surface area (Å²) in [4.78, 5) is 11.2. The molecule has 0 heterocycles. The molecule has 0 saturated carbocycles. The third-order valence-electron chi connectivity index (χ3n) is 2.25. The number of ether oxygens (including phenoxy) is 1. The molecule has 0 aliphatic carbocycles. The van der Waals surface area contributed by atoms with Crippen LogP contribution < -0.4 is 0 Å². The molecule has 1 aromatic carbocycles. The number of carbonyl (C=O) groups excluding carboxylic acids is 1. The molecule has 88 valence electrons. The van der Waals surface area contributed by atoms with Crippen molar-refractivity contribution in [2.45, 2.75) is 26.4 Å². The van der Waals surface area contributed by atoms with Gasteiger partial charge in [0.2, 0.25) is 0 Å². The number of carbonyl (C=O) groups is 1. The summed E-state index contributed by atoms with van der Waals surface area (Å²) in [5.74, 6) is -0.386. The first kappa shape index (κ1) is 13.2. The molecule has 1 aromatic rings. The van der Waals surface area contributed by atoms with Gasteiger partial charge in [-0.15, -0.1) is 0 Å². The predicted molar refractivity (Wildman–Crippen MR) is 65.1 cm³/mol. The van der Waals surface area contributed by atoms with Crippen molar-refractivity contribution in [1.29, 1.82) is 0 Å². The molecule has 1 N–H and O–H groups in total. The Kier molecular flexibility index (Phi) is 4.96. The van der Waals surface area contributed by atoms with E-state index in [1.807, 2.05) is 19.1 Å². The lowest BCUT2D eigenvalue weighted by Crippen LogP contribution is -2.10. The normalized spacial score (nSPS) is 12.2. The Hall–Kier alpha value is -0.870. The number of benzene rings is 1. The van der Waals surface area contributed by atoms with E-state index in [4.69, 9.17) is 4.74 Å². The Labute approximate surface area is 104 Å². The van der Waals surface area contributed by atoms with Gasteiger partial charge in [0.1, 0.15) is 0 Å². The van der Waals surface area contributed by atoms with Gasteiger partial charge in [0.05, 0.1) is 19.1 Å². The van der Waals surface area contributed by atoms with Crippen LogP contribution in [0.4, 0.5) is 0 Å². The largest absolute Gasteiger partial charge is 0.466 e. The van der Waals surface area contributed by atoms with E-state index < -0.39 is 6.10 Å². The van der Waals surface area contributed by atoms with Gasteiger partial charge in [-0.2, -0.15) is 0 Å². The minimum Gasteiger partial charge on any atom is -0.466 e. The Morgan fingerprint density at radius 1 is 1.56 bits per heavy atom. The Morgan fingerprint density at radius 2 is 2.25 bits per heavy atom. The van der Waals surface area contributed by atoms with Crippen LogP contribution in [0.5, 0.6) is 0 Å². The Bertz CT molecular complexity index is 377. The number of aliphatic hydroxyl groups is 1. The minimum atomic E-state index is -0.826. The zero-order valence-electron chi connectivity index (χ0n) is 9.37. The SMILES string of the molecule is CCOC(=O)CC(O)c1cccc(C)c1Br. The summed E-state index contributed by atoms with van der Waals surface area (Å²) in [5, 5.41) is 9.89. The Balaban J connectivity index is 2.76. The standard InChI is InChI=1S/C12H15BrO3/c1-3-16-11(15)7-10(14)9-6-4-5-8(2)12(9)13/h4-6,10,14H,3,7H2,1-2H3. The van der Waals surface area contributed by atoms with Crippen molar-refractivity contribution in [1.82, 2.24) is 0 Å². The van der Waals surface area contributed by atoms with Crippen molar-refractivity contribution >= 4 is 21.9 Å². The molecule has 0 radical (unpaired) electrons. The van der Waals surface area contributed by atoms with Gasteiger partial charge >= 0.3 is 5.97 Å². The molecule has 1 rings (SSSR count). The monoisotopic (exact) mass is 286 g/mol. The fourth-order valence-corrected chi connectivity index (χ4v) is 1.94. The van der Waals surface area contributed by atoms with Crippen molar-refractivity contribution in [2.75, 3.05) is 6.61 Å². The summed E-state index contributed by atoms with van der Waals surface area (Å²) in [6, 6.07) is 5.58. The van der Waals surface area contributed by atoms with Gasteiger partial charge in [0.25, 0.3) is 0 Å². The first-order chi connectivity index (χ1) is 7.56. The van der Waals surface area contributed by atoms with Crippen LogP contribution in [0.25, 0.3) is 0 Å². The van der Waals surface area contributed by atoms with Crippen molar-refractivity contribution in [3.05, 3.63) is 33.8 Å². The van der Waals surface area contributed by atoms with Gasteiger partial charge < -0.3 is 9.84 Å². The number of hydrogen-bond acceptors (Lipinski definition) is 3. The topological polar surface area (TPSA) is 46.5 Å². The molecule has 0 fully saturated rings. The molecular formula is C12H15BrO3. The number of aryl methyl sites for hydroxylation is 1. The van der Waals surface area contributed by atoms with E-state index in [2.05, 4.69) is 15.9 Å². The summed E-state index contributed by atoms with van der Waals surface area (Å²) < 4.78 is 5.63. The van der Waals surface area contributed by atoms with Crippen LogP contribution in [0.2, 0.25) is 0 Å². The molecule has 1 unspecified atom stereocenters. The van der Waals surface area contributed by atoms with Crippen LogP contribution in [0.3, 0.4) is 0 Å². The first-order valence-corrected chi connectivity index (χ1v) is 5.94. The fraction of sp³-hybridized carbons (Fsp3) is 0.417. The van der Waals surface area contributed by atoms with Gasteiger partial charge in [0.15, 0.2) is 0 Å². The molecule has 0 aliphatic heterocycles. The van der Waals surface area contributed by atoms with Crippen LogP contribution in [0.1, 0.15) is 30.6 Å². The van der Waals surface area contributed by atoms with Gasteiger partial charge in [0, 0.05) is 4.47 Å². The average molecular weight is 287 g/mol. The highest BCUT2D eigenvalue weighted by Gasteiger charge is 2.16. The highest BCUT2D eigenvalue weighted by atomic mass is 79.9. The predicted octanol–water partition coefficient (Wildman–Crippen LogP) is 2.74. The van der Waals surface area contributed by atoms with E-state index >= 15 is 0 Å². The van der Waals surface area contributed by atoms with E-state index in [9.17, 15) is 9.90 Å². The van der Waals surface area contributed by atoms with Gasteiger partial charge in [-0.1, -0.05) is 34.1 Å². The van der Waals surface area contributed by atoms with Crippen LogP contribution >= 0.6 is 15.9 Å². The molecule has 0 aromatic heterocycles. The number of rotatable bonds is 4. The van der Waals surface area contributed by atoms with Crippen LogP contribution in [0.15, 0.2) is 22.7 Å². The highest BCUT2D eigenvalue weighted by Crippen LogP contribution is 2.28. The second-order valence-electron chi connectivity index (χ2n) is 3.50. The molecule has 0 bridgehead atoms. The number of halogens is 1. The van der Waals surface area contributed by atoms with Gasteiger partial charge in [-0.05, 0) is 25.0 Å². The fourth-order valence-electron chi connectivity index (χ4n) is 1.42. The molecule has 0 saturated heterocycles. The quantitative estimate of drug-likeness (QED) is 0.866. The molecular weight excluding hydrogens is 272 g/mol. The second kappa shape index (κ2) is 6.01. The first-order valence-electron chi connectivity index (χ1n) is 5.15. The summed E-state index contributed by atoms with van der Waals surface area (Å²) in [6.45, 7) is 4.01. The minimum absolute atomic E-state index is 0.0180. The molecule has 1 atom stereocenters. The van der Waals surface area contributed by atoms with Crippen molar-refractivity contribution in [3.63, 3.8) is 0 Å². The highest BCUT2D eigenvalue weighted by molar-refractivity contribution is 9.10. The Morgan fingerprint density at radius 3 is 2.88 bits per heavy atom. The third kappa shape index (κ3) is 3.32. The summed E-state index contributed by atoms with van der Waals surface area (Å²) in [6.07, 6.45) is -0.844. The average Bonchev–Trinajstić information content (AvgIpc) is 2.22. The zero-order chi connectivity index (χ0) is 12.1. The number of hydrogen-bond donors (Lipinski definition) is 1. The van der Waals surface area contributed by atoms with E-state index in [0.717, 1.165) is 10.0 Å². The summed E-state index contributed by atoms with van der Waals surface area (Å²) in [7, 11) is 0. The van der Waals surface area contributed by atoms with E-state index in [1.54, 1.807) is 13.0 Å². The third-order valence-corrected chi connectivity index (χ3v) is 3.33. The van der Waals surface area contributed by atoms with E-state index in [1.165, 1.54) is 0 Å². The summed E-state index contributed by atoms with van der Waals surface area (Å²) >= 11 is 3.40. The van der Waals surface area contributed by atoms with Crippen molar-refractivity contribution < 1.29 is 14.6 Å². The maximum Gasteiger partial charge on any atom is 0.308 e. The maximum atomic E-state index is 11.2. The molecule has 4 heteroatoms. The van der Waals surface area contributed by atoms with Crippen LogP contribution in [0, 0.1) is 6.92 Å². The van der Waals surface area contributed by atoms with E-state index in [0.29, 0.717) is 12.2 Å². The zero-order valence-corrected chi connectivity index (χ0v) is 11.0. The van der Waals surface area contributed by atoms with Crippen LogP contribution in [-0.4, -0.2) is 17.7 Å². The summed E-state index contributed by atoms with van der Waals surface area (Å²) in [5.41, 5.74) is 1.74. The van der Waals surface area contributed by atoms with Gasteiger partial charge in [-0.3, -0.25) is 4.79 Å². The molecule has 3 nitrogen and oxygen atoms in total. The van der Waals surface area contributed by atoms with E-state index in [-0.39, 0.29) is 12.4 Å². The number of esters is 1. The van der Waals surface area contributed by atoms with Crippen molar-refractivity contribution in [2.24, 2.45) is 0 Å². The lowest BCUT2D eigenvalue weighted by molar-refractivity contribution is -0.145.